The number of carbonyl (C=O) groups is 1. The van der Waals surface area contributed by atoms with E-state index in [1.165, 1.54) is 24.6 Å². The Morgan fingerprint density at radius 1 is 1.48 bits per heavy atom. The number of nitrogens with one attached hydrogen (secondary N) is 1. The van der Waals surface area contributed by atoms with E-state index in [1.54, 1.807) is 22.9 Å². The summed E-state index contributed by atoms with van der Waals surface area (Å²) in [7, 11) is 0. The summed E-state index contributed by atoms with van der Waals surface area (Å²) >= 11 is 1.23. The van der Waals surface area contributed by atoms with Crippen molar-refractivity contribution >= 4 is 34.1 Å². The van der Waals surface area contributed by atoms with Crippen LogP contribution in [0, 0.1) is 12.3 Å². The average Bonchev–Trinajstić information content (AvgIpc) is 3.43. The minimum Gasteiger partial charge on any atom is -0.394 e. The number of rotatable bonds is 5. The van der Waals surface area contributed by atoms with Gasteiger partial charge < -0.3 is 35.7 Å². The van der Waals surface area contributed by atoms with E-state index in [-0.39, 0.29) is 18.3 Å². The van der Waals surface area contributed by atoms with Gasteiger partial charge in [0.2, 0.25) is 0 Å². The number of terminal acetylenes is 1. The molecular weight excluding hydrogens is 422 g/mol. The van der Waals surface area contributed by atoms with Crippen molar-refractivity contribution in [1.29, 1.82) is 0 Å². The molecule has 4 heterocycles. The second-order valence-corrected chi connectivity index (χ2v) is 8.42. The highest BCUT2D eigenvalue weighted by molar-refractivity contribution is 7.17. The topological polar surface area (TPSA) is 156 Å². The van der Waals surface area contributed by atoms with Gasteiger partial charge in [0.15, 0.2) is 6.23 Å². The van der Waals surface area contributed by atoms with Crippen molar-refractivity contribution in [3.8, 4) is 22.8 Å². The van der Waals surface area contributed by atoms with E-state index in [0.717, 1.165) is 0 Å². The van der Waals surface area contributed by atoms with Gasteiger partial charge in [0.05, 0.1) is 23.4 Å². The van der Waals surface area contributed by atoms with E-state index in [4.69, 9.17) is 16.9 Å². The van der Waals surface area contributed by atoms with Crippen LogP contribution in [-0.4, -0.2) is 66.7 Å². The number of fused-ring (bicyclic) bond motifs is 1. The van der Waals surface area contributed by atoms with E-state index >= 15 is 0 Å². The van der Waals surface area contributed by atoms with E-state index in [2.05, 4.69) is 21.2 Å². The maximum atomic E-state index is 12.2. The first kappa shape index (κ1) is 21.2. The van der Waals surface area contributed by atoms with Gasteiger partial charge in [0.25, 0.3) is 5.91 Å². The molecule has 2 unspecified atom stereocenters. The summed E-state index contributed by atoms with van der Waals surface area (Å²) < 4.78 is 7.30. The summed E-state index contributed by atoms with van der Waals surface area (Å²) in [4.78, 5) is 21.8. The summed E-state index contributed by atoms with van der Waals surface area (Å²) in [5.74, 6) is 2.27. The molecule has 0 bridgehead atoms. The Bertz CT molecular complexity index is 1180. The van der Waals surface area contributed by atoms with Crippen molar-refractivity contribution < 1.29 is 24.9 Å². The zero-order valence-corrected chi connectivity index (χ0v) is 17.3. The third-order valence-corrected chi connectivity index (χ3v) is 6.39. The fraction of sp³-hybridized carbons (Fsp3) is 0.350. The molecule has 4 rings (SSSR count). The molecule has 4 atom stereocenters. The lowest BCUT2D eigenvalue weighted by atomic mass is 9.96. The van der Waals surface area contributed by atoms with Crippen LogP contribution in [0.3, 0.4) is 0 Å². The number of amides is 1. The molecule has 1 fully saturated rings. The Labute approximate surface area is 181 Å². The van der Waals surface area contributed by atoms with Crippen LogP contribution in [0.15, 0.2) is 24.7 Å². The largest absolute Gasteiger partial charge is 0.394 e. The Balaban J connectivity index is 1.82. The zero-order chi connectivity index (χ0) is 22.3. The number of aliphatic hydroxyl groups excluding tert-OH is 2. The van der Waals surface area contributed by atoms with Crippen molar-refractivity contribution in [2.24, 2.45) is 0 Å². The lowest BCUT2D eigenvalue weighted by molar-refractivity contribution is -0.0948. The summed E-state index contributed by atoms with van der Waals surface area (Å²) in [5.41, 5.74) is 5.45. The molecule has 0 radical (unpaired) electrons. The van der Waals surface area contributed by atoms with Crippen LogP contribution >= 0.6 is 11.3 Å². The van der Waals surface area contributed by atoms with Crippen LogP contribution in [0.4, 0.5) is 5.82 Å². The predicted molar refractivity (Wildman–Crippen MR) is 114 cm³/mol. The van der Waals surface area contributed by atoms with E-state index in [9.17, 15) is 20.1 Å². The summed E-state index contributed by atoms with van der Waals surface area (Å²) in [6, 6.07) is 3.43. The second kappa shape index (κ2) is 7.92. The van der Waals surface area contributed by atoms with Crippen LogP contribution in [0.1, 0.15) is 22.8 Å². The number of thiophene rings is 1. The van der Waals surface area contributed by atoms with Gasteiger partial charge in [-0.2, -0.15) is 0 Å². The third kappa shape index (κ3) is 3.44. The van der Waals surface area contributed by atoms with Gasteiger partial charge in [-0.15, -0.1) is 17.8 Å². The number of hydrogen-bond donors (Lipinski definition) is 5. The summed E-state index contributed by atoms with van der Waals surface area (Å²) in [5, 5.41) is 33.9. The van der Waals surface area contributed by atoms with Gasteiger partial charge in [0.1, 0.15) is 35.6 Å². The number of carbonyl (C=O) groups excluding carboxylic acids is 1. The highest BCUT2D eigenvalue weighted by Crippen LogP contribution is 2.43. The molecule has 10 nitrogen and oxygen atoms in total. The van der Waals surface area contributed by atoms with E-state index in [0.29, 0.717) is 26.4 Å². The minimum atomic E-state index is -1.70. The molecule has 3 aromatic heterocycles. The molecule has 0 spiro atoms. The quantitative estimate of drug-likeness (QED) is 0.348. The number of anilines is 1. The first-order chi connectivity index (χ1) is 14.8. The molecule has 162 valence electrons. The molecule has 11 heteroatoms. The number of nitrogen functional groups attached to an aromatic ring is 1. The van der Waals surface area contributed by atoms with Crippen molar-refractivity contribution in [3.63, 3.8) is 0 Å². The lowest BCUT2D eigenvalue weighted by Crippen LogP contribution is -2.44. The molecule has 1 aliphatic heterocycles. The number of aromatic nitrogens is 3. The molecule has 1 aliphatic rings. The number of aliphatic hydroxyl groups is 3. The SMILES string of the molecule is C#CCNC(=O)c1ccc(-c2cn([C@@H]3OC(CO)C(O)[C@]3(C)O)c3ncnc(N)c23)s1. The van der Waals surface area contributed by atoms with Crippen LogP contribution in [-0.2, 0) is 4.74 Å². The maximum Gasteiger partial charge on any atom is 0.262 e. The second-order valence-electron chi connectivity index (χ2n) is 7.34. The van der Waals surface area contributed by atoms with Crippen LogP contribution in [0.2, 0.25) is 0 Å². The van der Waals surface area contributed by atoms with Crippen LogP contribution in [0.5, 0.6) is 0 Å². The van der Waals surface area contributed by atoms with Crippen molar-refractivity contribution in [2.75, 3.05) is 18.9 Å². The Kier molecular flexibility index (Phi) is 5.42. The molecule has 1 amide bonds. The van der Waals surface area contributed by atoms with Gasteiger partial charge in [-0.3, -0.25) is 4.79 Å². The Morgan fingerprint density at radius 3 is 2.94 bits per heavy atom. The maximum absolute atomic E-state index is 12.2. The lowest BCUT2D eigenvalue weighted by Gasteiger charge is -2.27. The standard InChI is InChI=1S/C20H21N5O5S/c1-3-6-22-18(28)13-5-4-12(31-13)10-7-25(17-14(10)16(21)23-9-24-17)19-20(2,29)15(27)11(8-26)30-19/h1,4-5,7,9,11,15,19,26-27,29H,6,8H2,2H3,(H,22,28)(H2,21,23,24)/t11?,15?,19-,20+/m1/s1. The van der Waals surface area contributed by atoms with Gasteiger partial charge in [-0.25, -0.2) is 9.97 Å². The highest BCUT2D eigenvalue weighted by atomic mass is 32.1. The van der Waals surface area contributed by atoms with Gasteiger partial charge in [-0.1, -0.05) is 5.92 Å². The minimum absolute atomic E-state index is 0.120. The summed E-state index contributed by atoms with van der Waals surface area (Å²) in [6.07, 6.45) is 4.84. The molecule has 0 aromatic carbocycles. The van der Waals surface area contributed by atoms with Gasteiger partial charge in [-0.05, 0) is 19.1 Å². The molecular formula is C20H21N5O5S. The molecule has 0 aliphatic carbocycles. The average molecular weight is 443 g/mol. The fourth-order valence-electron chi connectivity index (χ4n) is 3.69. The first-order valence-corrected chi connectivity index (χ1v) is 10.2. The van der Waals surface area contributed by atoms with Crippen molar-refractivity contribution in [2.45, 2.75) is 31.0 Å². The third-order valence-electron chi connectivity index (χ3n) is 5.27. The molecule has 6 N–H and O–H groups in total. The number of nitrogens with two attached hydrogens (primary N) is 1. The fourth-order valence-corrected chi connectivity index (χ4v) is 4.63. The van der Waals surface area contributed by atoms with E-state index in [1.807, 2.05) is 0 Å². The number of hydrogen-bond acceptors (Lipinski definition) is 9. The van der Waals surface area contributed by atoms with Crippen LogP contribution < -0.4 is 11.1 Å². The normalized spacial score (nSPS) is 25.6. The number of nitrogens with zero attached hydrogens (tertiary/aromatic N) is 3. The Morgan fingerprint density at radius 2 is 2.26 bits per heavy atom. The van der Waals surface area contributed by atoms with Crippen molar-refractivity contribution in [3.05, 3.63) is 29.5 Å². The summed E-state index contributed by atoms with van der Waals surface area (Å²) in [6.45, 7) is 1.08. The Hall–Kier alpha value is -3.01. The van der Waals surface area contributed by atoms with E-state index < -0.39 is 30.6 Å². The smallest absolute Gasteiger partial charge is 0.262 e. The predicted octanol–water partition coefficient (Wildman–Crippen LogP) is 0.107. The highest BCUT2D eigenvalue weighted by Gasteiger charge is 2.53. The van der Waals surface area contributed by atoms with Crippen LogP contribution in [0.25, 0.3) is 21.5 Å². The van der Waals surface area contributed by atoms with Gasteiger partial charge >= 0.3 is 0 Å². The molecule has 31 heavy (non-hydrogen) atoms. The first-order valence-electron chi connectivity index (χ1n) is 9.39. The monoisotopic (exact) mass is 443 g/mol. The van der Waals surface area contributed by atoms with Gasteiger partial charge in [0, 0.05) is 16.6 Å². The molecule has 1 saturated heterocycles. The molecule has 3 aromatic rings. The van der Waals surface area contributed by atoms with Crippen molar-refractivity contribution in [1.82, 2.24) is 19.9 Å². The zero-order valence-electron chi connectivity index (χ0n) is 16.5. The molecule has 0 saturated carbocycles. The number of ether oxygens (including phenoxy) is 1.